The molecule has 0 aliphatic heterocycles. The molecule has 3 nitrogen and oxygen atoms in total. The molecule has 0 unspecified atom stereocenters. The molecule has 2 aliphatic rings. The van der Waals surface area contributed by atoms with E-state index in [9.17, 15) is 0 Å². The van der Waals surface area contributed by atoms with E-state index in [-0.39, 0.29) is 35.9 Å². The Kier molecular flexibility index (Phi) is 32.7. The monoisotopic (exact) mass is 370 g/mol. The van der Waals surface area contributed by atoms with Crippen LogP contribution < -0.4 is 0 Å². The minimum absolute atomic E-state index is 0. The van der Waals surface area contributed by atoms with Gasteiger partial charge in [-0.25, -0.2) is 0 Å². The molecule has 0 saturated heterocycles. The molecule has 118 valence electrons. The van der Waals surface area contributed by atoms with Crippen LogP contribution in [0.3, 0.4) is 0 Å². The molecule has 0 spiro atoms. The molecule has 0 aromatic rings. The molecule has 2 aliphatic carbocycles. The maximum absolute atomic E-state index is 2.27. The Morgan fingerprint density at radius 3 is 0.500 bits per heavy atom. The average molecular weight is 370 g/mol. The minimum atomic E-state index is 0. The third-order valence-corrected chi connectivity index (χ3v) is 2.67. The number of hydrogen-bond donors (Lipinski definition) is 0. The van der Waals surface area contributed by atoms with E-state index in [1.165, 1.54) is 51.4 Å². The number of rotatable bonds is 0. The fraction of sp³-hybridized carbons (Fsp3) is 0.500. The molecule has 20 heavy (non-hydrogen) atoms. The largest absolute Gasteiger partial charge is 3.00 e. The molecule has 2 rings (SSSR count). The predicted octanol–water partition coefficient (Wildman–Crippen LogP) is 4.81. The van der Waals surface area contributed by atoms with Crippen LogP contribution in [0.25, 0.3) is 0 Å². The van der Waals surface area contributed by atoms with Gasteiger partial charge in [0.1, 0.15) is 0 Å². The fourth-order valence-electron chi connectivity index (χ4n) is 1.71. The van der Waals surface area contributed by atoms with Crippen LogP contribution in [-0.4, -0.2) is 16.4 Å². The van der Waals surface area contributed by atoms with Gasteiger partial charge in [0.15, 0.2) is 0 Å². The van der Waals surface area contributed by atoms with Crippen molar-refractivity contribution in [3.05, 3.63) is 48.6 Å². The summed E-state index contributed by atoms with van der Waals surface area (Å²) < 4.78 is 0. The van der Waals surface area contributed by atoms with Crippen molar-refractivity contribution < 1.29 is 35.9 Å². The van der Waals surface area contributed by atoms with Crippen molar-refractivity contribution in [2.24, 2.45) is 0 Å². The van der Waals surface area contributed by atoms with Gasteiger partial charge < -0.3 is 16.4 Å². The number of allylic oxidation sites excluding steroid dienone is 8. The predicted molar refractivity (Wildman–Crippen MR) is 79.3 cm³/mol. The second kappa shape index (κ2) is 23.5. The summed E-state index contributed by atoms with van der Waals surface area (Å²) >= 11 is 0. The zero-order valence-electron chi connectivity index (χ0n) is 12.0. The summed E-state index contributed by atoms with van der Waals surface area (Å²) in [6, 6.07) is 0. The summed E-state index contributed by atoms with van der Waals surface area (Å²) in [5.41, 5.74) is 0. The third kappa shape index (κ3) is 19.8. The van der Waals surface area contributed by atoms with Gasteiger partial charge in [0.25, 0.3) is 0 Å². The standard InChI is InChI=1S/2C8H12.3H2O.Rh/c2*1-2-4-6-8-7-5-3-1;;;;/h2*1-2,7-8H,3-6H2;3*1H2;/q;;;;;+3/p-3/b2*2-1-,8-7?;;;;. The van der Waals surface area contributed by atoms with Crippen molar-refractivity contribution >= 4 is 0 Å². The van der Waals surface area contributed by atoms with Gasteiger partial charge in [0, 0.05) is 0 Å². The van der Waals surface area contributed by atoms with Crippen molar-refractivity contribution in [2.45, 2.75) is 51.4 Å². The van der Waals surface area contributed by atoms with Crippen LogP contribution >= 0.6 is 0 Å². The number of hydrogen-bond acceptors (Lipinski definition) is 3. The summed E-state index contributed by atoms with van der Waals surface area (Å²) in [6.07, 6.45) is 28.0. The molecule has 4 heteroatoms. The first kappa shape index (κ1) is 27.7. The Labute approximate surface area is 136 Å². The zero-order chi connectivity index (χ0) is 11.3. The van der Waals surface area contributed by atoms with Crippen LogP contribution in [0.1, 0.15) is 51.4 Å². The topological polar surface area (TPSA) is 90.0 Å². The maximum atomic E-state index is 2.27. The van der Waals surface area contributed by atoms with Crippen molar-refractivity contribution in [1.82, 2.24) is 0 Å². The first-order valence-corrected chi connectivity index (χ1v) is 6.60. The Bertz CT molecular complexity index is 191. The zero-order valence-corrected chi connectivity index (χ0v) is 13.6. The van der Waals surface area contributed by atoms with Crippen molar-refractivity contribution in [3.63, 3.8) is 0 Å². The summed E-state index contributed by atoms with van der Waals surface area (Å²) in [7, 11) is 0. The van der Waals surface area contributed by atoms with E-state index >= 15 is 0 Å². The molecule has 0 amide bonds. The van der Waals surface area contributed by atoms with Gasteiger partial charge in [-0.2, -0.15) is 0 Å². The van der Waals surface area contributed by atoms with Crippen molar-refractivity contribution in [2.75, 3.05) is 0 Å². The second-order valence-corrected chi connectivity index (χ2v) is 4.20. The molecule has 0 bridgehead atoms. The summed E-state index contributed by atoms with van der Waals surface area (Å²) in [5, 5.41) is 0. The maximum Gasteiger partial charge on any atom is 3.00 e. The molecule has 0 aromatic heterocycles. The molecule has 0 aromatic carbocycles. The van der Waals surface area contributed by atoms with E-state index in [0.717, 1.165) is 0 Å². The Morgan fingerprint density at radius 1 is 0.300 bits per heavy atom. The summed E-state index contributed by atoms with van der Waals surface area (Å²) in [5.74, 6) is 0. The first-order valence-electron chi connectivity index (χ1n) is 6.60. The van der Waals surface area contributed by atoms with Crippen LogP contribution in [-0.2, 0) is 19.5 Å². The van der Waals surface area contributed by atoms with Gasteiger partial charge >= 0.3 is 19.5 Å². The van der Waals surface area contributed by atoms with E-state index in [1.807, 2.05) is 0 Å². The molecule has 0 fully saturated rings. The van der Waals surface area contributed by atoms with Crippen LogP contribution in [0.5, 0.6) is 0 Å². The SMILES string of the molecule is C1=CCC/C=C\CC1.C1=CCC/C=C\CC1.[OH-].[OH-].[OH-].[Rh+3]. The minimum Gasteiger partial charge on any atom is -0.870 e. The molecule has 0 atom stereocenters. The van der Waals surface area contributed by atoms with Gasteiger partial charge in [0.05, 0.1) is 0 Å². The van der Waals surface area contributed by atoms with E-state index in [0.29, 0.717) is 0 Å². The van der Waals surface area contributed by atoms with Gasteiger partial charge in [-0.1, -0.05) is 48.6 Å². The van der Waals surface area contributed by atoms with Gasteiger partial charge in [-0.3, -0.25) is 0 Å². The first-order chi connectivity index (χ1) is 8.00. The van der Waals surface area contributed by atoms with Gasteiger partial charge in [0.2, 0.25) is 0 Å². The van der Waals surface area contributed by atoms with E-state index in [4.69, 9.17) is 0 Å². The van der Waals surface area contributed by atoms with Crippen molar-refractivity contribution in [3.8, 4) is 0 Å². The summed E-state index contributed by atoms with van der Waals surface area (Å²) in [6.45, 7) is 0. The third-order valence-electron chi connectivity index (χ3n) is 2.67. The Morgan fingerprint density at radius 2 is 0.400 bits per heavy atom. The van der Waals surface area contributed by atoms with Crippen molar-refractivity contribution in [1.29, 1.82) is 0 Å². The Balaban J connectivity index is -0.000000107. The molecular formula is C16H27O3Rh. The molecule has 0 saturated carbocycles. The van der Waals surface area contributed by atoms with E-state index in [2.05, 4.69) is 48.6 Å². The summed E-state index contributed by atoms with van der Waals surface area (Å²) in [4.78, 5) is 0. The van der Waals surface area contributed by atoms with Crippen LogP contribution in [0, 0.1) is 0 Å². The van der Waals surface area contributed by atoms with Crippen LogP contribution in [0.15, 0.2) is 48.6 Å². The smallest absolute Gasteiger partial charge is 0.870 e. The van der Waals surface area contributed by atoms with Gasteiger partial charge in [-0.05, 0) is 51.4 Å². The molecule has 0 radical (unpaired) electrons. The van der Waals surface area contributed by atoms with Gasteiger partial charge in [-0.15, -0.1) is 0 Å². The molecular weight excluding hydrogens is 343 g/mol. The van der Waals surface area contributed by atoms with Crippen LogP contribution in [0.4, 0.5) is 0 Å². The quantitative estimate of drug-likeness (QED) is 0.452. The van der Waals surface area contributed by atoms with E-state index < -0.39 is 0 Å². The Hall–Kier alpha value is -0.537. The van der Waals surface area contributed by atoms with E-state index in [1.54, 1.807) is 0 Å². The average Bonchev–Trinajstić information content (AvgIpc) is 2.15. The second-order valence-electron chi connectivity index (χ2n) is 4.20. The fourth-order valence-corrected chi connectivity index (χ4v) is 1.71. The van der Waals surface area contributed by atoms with Crippen LogP contribution in [0.2, 0.25) is 0 Å². The molecule has 3 N–H and O–H groups in total. The normalized spacial score (nSPS) is 19.2. The molecule has 0 heterocycles.